The quantitative estimate of drug-likeness (QED) is 0.723. The van der Waals surface area contributed by atoms with Crippen LogP contribution in [0.3, 0.4) is 0 Å². The molecule has 0 aromatic carbocycles. The molecule has 4 heterocycles. The van der Waals surface area contributed by atoms with Gasteiger partial charge in [-0.15, -0.1) is 0 Å². The lowest BCUT2D eigenvalue weighted by molar-refractivity contribution is 0.0724. The standard InChI is InChI=1S/C16H15ClN4O2/c1-10-9-11(19-23-10)12-5-4-8-20(12)16(22)14-15(17)18-13-6-2-3-7-21(13)14/h2-3,6-7,9,12H,4-5,8H2,1H3. The van der Waals surface area contributed by atoms with Crippen molar-refractivity contribution < 1.29 is 9.32 Å². The van der Waals surface area contributed by atoms with Crippen LogP contribution in [0.5, 0.6) is 0 Å². The summed E-state index contributed by atoms with van der Waals surface area (Å²) >= 11 is 6.23. The van der Waals surface area contributed by atoms with Crippen LogP contribution in [0.25, 0.3) is 5.65 Å². The third-order valence-corrected chi connectivity index (χ3v) is 4.45. The Morgan fingerprint density at radius 2 is 2.30 bits per heavy atom. The molecule has 0 radical (unpaired) electrons. The lowest BCUT2D eigenvalue weighted by Crippen LogP contribution is -2.31. The fourth-order valence-corrected chi connectivity index (χ4v) is 3.41. The number of likely N-dealkylation sites (tertiary alicyclic amines) is 1. The van der Waals surface area contributed by atoms with E-state index in [0.717, 1.165) is 24.3 Å². The predicted octanol–water partition coefficient (Wildman–Crippen LogP) is 3.26. The number of aromatic nitrogens is 3. The Morgan fingerprint density at radius 1 is 1.43 bits per heavy atom. The summed E-state index contributed by atoms with van der Waals surface area (Å²) < 4.78 is 6.89. The number of rotatable bonds is 2. The van der Waals surface area contributed by atoms with Crippen molar-refractivity contribution in [3.8, 4) is 0 Å². The van der Waals surface area contributed by atoms with Crippen molar-refractivity contribution >= 4 is 23.2 Å². The van der Waals surface area contributed by atoms with Crippen LogP contribution in [0.1, 0.15) is 40.8 Å². The molecule has 23 heavy (non-hydrogen) atoms. The number of aryl methyl sites for hydroxylation is 1. The van der Waals surface area contributed by atoms with E-state index in [2.05, 4.69) is 10.1 Å². The van der Waals surface area contributed by atoms with Gasteiger partial charge in [0.05, 0.1) is 6.04 Å². The smallest absolute Gasteiger partial charge is 0.274 e. The van der Waals surface area contributed by atoms with E-state index in [4.69, 9.17) is 16.1 Å². The zero-order valence-electron chi connectivity index (χ0n) is 12.6. The Labute approximate surface area is 137 Å². The van der Waals surface area contributed by atoms with Crippen LogP contribution in [-0.4, -0.2) is 31.9 Å². The maximum atomic E-state index is 13.1. The van der Waals surface area contributed by atoms with Crippen LogP contribution in [0.4, 0.5) is 0 Å². The van der Waals surface area contributed by atoms with E-state index in [-0.39, 0.29) is 17.1 Å². The largest absolute Gasteiger partial charge is 0.361 e. The molecular formula is C16H15ClN4O2. The summed E-state index contributed by atoms with van der Waals surface area (Å²) in [5.41, 5.74) is 1.85. The second kappa shape index (κ2) is 5.38. The predicted molar refractivity (Wildman–Crippen MR) is 84.5 cm³/mol. The molecule has 1 aliphatic heterocycles. The van der Waals surface area contributed by atoms with E-state index in [1.54, 1.807) is 15.5 Å². The van der Waals surface area contributed by atoms with Crippen molar-refractivity contribution in [2.45, 2.75) is 25.8 Å². The van der Waals surface area contributed by atoms with E-state index in [0.29, 0.717) is 17.9 Å². The zero-order valence-corrected chi connectivity index (χ0v) is 13.3. The number of pyridine rings is 1. The van der Waals surface area contributed by atoms with E-state index in [9.17, 15) is 4.79 Å². The average Bonchev–Trinajstić information content (AvgIpc) is 3.23. The molecule has 4 rings (SSSR count). The van der Waals surface area contributed by atoms with Crippen LogP contribution in [-0.2, 0) is 0 Å². The molecule has 1 fully saturated rings. The molecule has 0 saturated carbocycles. The third kappa shape index (κ3) is 2.30. The van der Waals surface area contributed by atoms with Gasteiger partial charge in [-0.05, 0) is 31.9 Å². The lowest BCUT2D eigenvalue weighted by atomic mass is 10.1. The van der Waals surface area contributed by atoms with Crippen molar-refractivity contribution in [1.29, 1.82) is 0 Å². The van der Waals surface area contributed by atoms with Crippen LogP contribution >= 0.6 is 11.6 Å². The highest BCUT2D eigenvalue weighted by atomic mass is 35.5. The molecule has 7 heteroatoms. The highest BCUT2D eigenvalue weighted by molar-refractivity contribution is 6.32. The van der Waals surface area contributed by atoms with Crippen molar-refractivity contribution in [2.24, 2.45) is 0 Å². The molecule has 3 aromatic heterocycles. The van der Waals surface area contributed by atoms with Gasteiger partial charge >= 0.3 is 0 Å². The number of imidazole rings is 1. The van der Waals surface area contributed by atoms with E-state index in [1.807, 2.05) is 31.2 Å². The molecule has 1 aliphatic rings. The van der Waals surface area contributed by atoms with Crippen LogP contribution in [0.2, 0.25) is 5.15 Å². The third-order valence-electron chi connectivity index (χ3n) is 4.19. The molecule has 118 valence electrons. The molecule has 1 unspecified atom stereocenters. The summed E-state index contributed by atoms with van der Waals surface area (Å²) in [6.07, 6.45) is 3.59. The number of fused-ring (bicyclic) bond motifs is 1. The number of hydrogen-bond acceptors (Lipinski definition) is 4. The van der Waals surface area contributed by atoms with Gasteiger partial charge in [0.1, 0.15) is 17.1 Å². The first kappa shape index (κ1) is 14.3. The van der Waals surface area contributed by atoms with E-state index in [1.165, 1.54) is 0 Å². The monoisotopic (exact) mass is 330 g/mol. The number of hydrogen-bond donors (Lipinski definition) is 0. The zero-order chi connectivity index (χ0) is 16.0. The molecule has 6 nitrogen and oxygen atoms in total. The second-order valence-corrected chi connectivity index (χ2v) is 6.06. The van der Waals surface area contributed by atoms with Crippen molar-refractivity contribution in [3.05, 3.63) is 52.8 Å². The topological polar surface area (TPSA) is 63.6 Å². The molecule has 1 atom stereocenters. The van der Waals surface area contributed by atoms with Crippen LogP contribution in [0, 0.1) is 6.92 Å². The molecule has 1 amide bonds. The first-order valence-electron chi connectivity index (χ1n) is 7.52. The van der Waals surface area contributed by atoms with Gasteiger partial charge in [-0.1, -0.05) is 22.8 Å². The highest BCUT2D eigenvalue weighted by Crippen LogP contribution is 2.34. The molecule has 0 spiro atoms. The van der Waals surface area contributed by atoms with Gasteiger partial charge in [0.2, 0.25) is 0 Å². The SMILES string of the molecule is Cc1cc(C2CCCN2C(=O)c2c(Cl)nc3ccccn23)no1. The minimum atomic E-state index is -0.128. The van der Waals surface area contributed by atoms with Crippen LogP contribution in [0.15, 0.2) is 35.0 Å². The average molecular weight is 331 g/mol. The Kier molecular flexibility index (Phi) is 3.34. The molecule has 3 aromatic rings. The van der Waals surface area contributed by atoms with Gasteiger partial charge in [0.15, 0.2) is 10.8 Å². The van der Waals surface area contributed by atoms with Crippen molar-refractivity contribution in [1.82, 2.24) is 19.4 Å². The Bertz CT molecular complexity index is 885. The fraction of sp³-hybridized carbons (Fsp3) is 0.312. The number of carbonyl (C=O) groups excluding carboxylic acids is 1. The van der Waals surface area contributed by atoms with E-state index < -0.39 is 0 Å². The van der Waals surface area contributed by atoms with Gasteiger partial charge in [-0.2, -0.15) is 0 Å². The molecule has 0 bridgehead atoms. The normalized spacial score (nSPS) is 18.0. The molecule has 0 N–H and O–H groups in total. The Morgan fingerprint density at radius 3 is 3.09 bits per heavy atom. The van der Waals surface area contributed by atoms with Crippen molar-refractivity contribution in [3.63, 3.8) is 0 Å². The Hall–Kier alpha value is -2.34. The fourth-order valence-electron chi connectivity index (χ4n) is 3.15. The summed E-state index contributed by atoms with van der Waals surface area (Å²) in [4.78, 5) is 19.1. The maximum absolute atomic E-state index is 13.1. The minimum Gasteiger partial charge on any atom is -0.361 e. The number of halogens is 1. The first-order valence-corrected chi connectivity index (χ1v) is 7.89. The molecule has 0 aliphatic carbocycles. The first-order chi connectivity index (χ1) is 11.1. The van der Waals surface area contributed by atoms with E-state index >= 15 is 0 Å². The van der Waals surface area contributed by atoms with Crippen molar-refractivity contribution in [2.75, 3.05) is 6.54 Å². The second-order valence-electron chi connectivity index (χ2n) is 5.70. The summed E-state index contributed by atoms with van der Waals surface area (Å²) in [5.74, 6) is 0.615. The summed E-state index contributed by atoms with van der Waals surface area (Å²) in [6, 6.07) is 7.34. The maximum Gasteiger partial charge on any atom is 0.274 e. The number of nitrogens with zero attached hydrogens (tertiary/aromatic N) is 4. The lowest BCUT2D eigenvalue weighted by Gasteiger charge is -2.22. The van der Waals surface area contributed by atoms with Gasteiger partial charge in [-0.25, -0.2) is 4.98 Å². The van der Waals surface area contributed by atoms with Gasteiger partial charge in [-0.3, -0.25) is 9.20 Å². The van der Waals surface area contributed by atoms with Gasteiger partial charge in [0.25, 0.3) is 5.91 Å². The van der Waals surface area contributed by atoms with Gasteiger partial charge in [0, 0.05) is 18.8 Å². The summed E-state index contributed by atoms with van der Waals surface area (Å²) in [5, 5.41) is 4.30. The minimum absolute atomic E-state index is 0.0784. The van der Waals surface area contributed by atoms with Gasteiger partial charge < -0.3 is 9.42 Å². The summed E-state index contributed by atoms with van der Waals surface area (Å²) in [6.45, 7) is 2.52. The molecular weight excluding hydrogens is 316 g/mol. The van der Waals surface area contributed by atoms with Crippen LogP contribution < -0.4 is 0 Å². The summed E-state index contributed by atoms with van der Waals surface area (Å²) in [7, 11) is 0. The number of carbonyl (C=O) groups is 1. The Balaban J connectivity index is 1.74. The molecule has 1 saturated heterocycles. The highest BCUT2D eigenvalue weighted by Gasteiger charge is 2.35. The number of amides is 1.